The van der Waals surface area contributed by atoms with Gasteiger partial charge in [0.15, 0.2) is 0 Å². The largest absolute Gasteiger partial charge is 0.337 e. The predicted octanol–water partition coefficient (Wildman–Crippen LogP) is 2.37. The van der Waals surface area contributed by atoms with E-state index in [2.05, 4.69) is 15.2 Å². The smallest absolute Gasteiger partial charge is 0.262 e. The molecule has 12 heteroatoms. The molecule has 3 aromatic rings. The van der Waals surface area contributed by atoms with E-state index in [9.17, 15) is 21.6 Å². The summed E-state index contributed by atoms with van der Waals surface area (Å²) in [6, 6.07) is 9.78. The van der Waals surface area contributed by atoms with Crippen LogP contribution in [-0.2, 0) is 24.8 Å². The Hall–Kier alpha value is -3.22. The van der Waals surface area contributed by atoms with E-state index in [1.54, 1.807) is 26.0 Å². The third-order valence-corrected chi connectivity index (χ3v) is 6.81. The zero-order valence-electron chi connectivity index (χ0n) is 16.8. The number of hydrogen-bond donors (Lipinski definition) is 3. The lowest BCUT2D eigenvalue weighted by atomic mass is 10.0. The summed E-state index contributed by atoms with van der Waals surface area (Å²) in [7, 11) is -7.92. The van der Waals surface area contributed by atoms with E-state index < -0.39 is 20.0 Å². The molecule has 0 aliphatic heterocycles. The number of amides is 1. The van der Waals surface area contributed by atoms with Gasteiger partial charge in [0.2, 0.25) is 21.8 Å². The molecule has 0 atom stereocenters. The van der Waals surface area contributed by atoms with Gasteiger partial charge in [-0.1, -0.05) is 17.3 Å². The first kappa shape index (κ1) is 22.5. The number of hydrogen-bond acceptors (Lipinski definition) is 7. The van der Waals surface area contributed by atoms with Crippen molar-refractivity contribution in [1.82, 2.24) is 5.16 Å². The number of nitrogens with one attached hydrogen (secondary N) is 2. The van der Waals surface area contributed by atoms with Gasteiger partial charge in [0.05, 0.1) is 21.0 Å². The second-order valence-electron chi connectivity index (χ2n) is 6.81. The molecule has 1 heterocycles. The summed E-state index contributed by atoms with van der Waals surface area (Å²) in [4.78, 5) is 11.3. The summed E-state index contributed by atoms with van der Waals surface area (Å²) in [5.41, 5.74) is 2.06. The standard InChI is InChI=1S/C19H20N4O6S2/c1-11-4-5-14(18-12(2)22-29-19(18)21-13(3)24)10-17(11)31(27,28)23-15-6-8-16(9-7-15)30(20,25)26/h4-10,23H,1-3H3,(H,21,24)(H2,20,25,26). The molecule has 0 aliphatic rings. The van der Waals surface area contributed by atoms with Crippen LogP contribution in [0.1, 0.15) is 18.2 Å². The van der Waals surface area contributed by atoms with Crippen molar-refractivity contribution in [2.75, 3.05) is 10.0 Å². The average molecular weight is 465 g/mol. The number of aryl methyl sites for hydroxylation is 2. The first-order chi connectivity index (χ1) is 14.4. The number of anilines is 2. The maximum absolute atomic E-state index is 13.0. The molecule has 1 amide bonds. The highest BCUT2D eigenvalue weighted by molar-refractivity contribution is 7.92. The Morgan fingerprint density at radius 2 is 1.68 bits per heavy atom. The maximum Gasteiger partial charge on any atom is 0.262 e. The fourth-order valence-corrected chi connectivity index (χ4v) is 4.77. The van der Waals surface area contributed by atoms with E-state index in [0.29, 0.717) is 22.4 Å². The molecular weight excluding hydrogens is 444 g/mol. The zero-order valence-corrected chi connectivity index (χ0v) is 18.5. The van der Waals surface area contributed by atoms with Crippen LogP contribution >= 0.6 is 0 Å². The molecule has 0 saturated heterocycles. The van der Waals surface area contributed by atoms with Gasteiger partial charge in [0, 0.05) is 12.6 Å². The maximum atomic E-state index is 13.0. The van der Waals surface area contributed by atoms with Gasteiger partial charge in [-0.25, -0.2) is 22.0 Å². The Labute approximate surface area is 179 Å². The first-order valence-corrected chi connectivity index (χ1v) is 11.9. The molecular formula is C19H20N4O6S2. The highest BCUT2D eigenvalue weighted by Crippen LogP contribution is 2.34. The predicted molar refractivity (Wildman–Crippen MR) is 114 cm³/mol. The van der Waals surface area contributed by atoms with Crippen molar-refractivity contribution in [3.05, 3.63) is 53.7 Å². The Kier molecular flexibility index (Phi) is 5.89. The van der Waals surface area contributed by atoms with Crippen molar-refractivity contribution in [2.24, 2.45) is 5.14 Å². The number of sulfonamides is 2. The number of carbonyl (C=O) groups excluding carboxylic acids is 1. The molecule has 4 N–H and O–H groups in total. The fraction of sp³-hybridized carbons (Fsp3) is 0.158. The van der Waals surface area contributed by atoms with Crippen LogP contribution in [0.25, 0.3) is 11.1 Å². The molecule has 0 fully saturated rings. The van der Waals surface area contributed by atoms with E-state index in [0.717, 1.165) is 0 Å². The molecule has 0 aliphatic carbocycles. The molecule has 0 radical (unpaired) electrons. The minimum Gasteiger partial charge on any atom is -0.337 e. The summed E-state index contributed by atoms with van der Waals surface area (Å²) in [5, 5.41) is 11.4. The van der Waals surface area contributed by atoms with E-state index in [1.807, 2.05) is 0 Å². The van der Waals surface area contributed by atoms with E-state index in [4.69, 9.17) is 9.66 Å². The molecule has 0 saturated carbocycles. The topological polar surface area (TPSA) is 161 Å². The lowest BCUT2D eigenvalue weighted by Gasteiger charge is -2.13. The SMILES string of the molecule is CC(=O)Nc1onc(C)c1-c1ccc(C)c(S(=O)(=O)Nc2ccc(S(N)(=O)=O)cc2)c1. The van der Waals surface area contributed by atoms with Gasteiger partial charge in [-0.3, -0.25) is 14.8 Å². The quantitative estimate of drug-likeness (QED) is 0.504. The second-order valence-corrected chi connectivity index (χ2v) is 10.0. The molecule has 31 heavy (non-hydrogen) atoms. The van der Waals surface area contributed by atoms with Crippen LogP contribution in [0.3, 0.4) is 0 Å². The van der Waals surface area contributed by atoms with Gasteiger partial charge in [0.25, 0.3) is 10.0 Å². The Balaban J connectivity index is 2.00. The Morgan fingerprint density at radius 1 is 1.03 bits per heavy atom. The minimum atomic E-state index is -4.02. The fourth-order valence-electron chi connectivity index (χ4n) is 2.92. The van der Waals surface area contributed by atoms with Crippen molar-refractivity contribution >= 4 is 37.5 Å². The molecule has 3 rings (SSSR count). The molecule has 0 unspecified atom stereocenters. The summed E-state index contributed by atoms with van der Waals surface area (Å²) in [6.45, 7) is 4.62. The number of nitrogens with two attached hydrogens (primary N) is 1. The van der Waals surface area contributed by atoms with Crippen LogP contribution in [0.5, 0.6) is 0 Å². The average Bonchev–Trinajstić information content (AvgIpc) is 3.01. The number of benzene rings is 2. The van der Waals surface area contributed by atoms with Crippen LogP contribution in [-0.4, -0.2) is 27.9 Å². The van der Waals surface area contributed by atoms with Gasteiger partial charge in [-0.05, 0) is 55.3 Å². The third-order valence-electron chi connectivity index (χ3n) is 4.35. The van der Waals surface area contributed by atoms with Gasteiger partial charge < -0.3 is 4.52 Å². The highest BCUT2D eigenvalue weighted by Gasteiger charge is 2.22. The van der Waals surface area contributed by atoms with Crippen molar-refractivity contribution in [1.29, 1.82) is 0 Å². The van der Waals surface area contributed by atoms with Crippen LogP contribution < -0.4 is 15.2 Å². The number of aromatic nitrogens is 1. The van der Waals surface area contributed by atoms with Crippen LogP contribution in [0.2, 0.25) is 0 Å². The molecule has 164 valence electrons. The van der Waals surface area contributed by atoms with Crippen LogP contribution in [0, 0.1) is 13.8 Å². The van der Waals surface area contributed by atoms with Crippen molar-refractivity contribution < 1.29 is 26.2 Å². The van der Waals surface area contributed by atoms with Gasteiger partial charge in [-0.2, -0.15) is 0 Å². The second kappa shape index (κ2) is 8.13. The number of carbonyl (C=O) groups is 1. The van der Waals surface area contributed by atoms with Crippen molar-refractivity contribution in [3.8, 4) is 11.1 Å². The summed E-state index contributed by atoms with van der Waals surface area (Å²) >= 11 is 0. The minimum absolute atomic E-state index is 0.00472. The third kappa shape index (κ3) is 4.93. The normalized spacial score (nSPS) is 11.9. The number of nitrogens with zero attached hydrogens (tertiary/aromatic N) is 1. The molecule has 0 bridgehead atoms. The van der Waals surface area contributed by atoms with E-state index in [1.165, 1.54) is 37.3 Å². The molecule has 10 nitrogen and oxygen atoms in total. The Bertz CT molecular complexity index is 1360. The molecule has 2 aromatic carbocycles. The summed E-state index contributed by atoms with van der Waals surface area (Å²) in [5.74, 6) is -0.245. The van der Waals surface area contributed by atoms with Crippen molar-refractivity contribution in [2.45, 2.75) is 30.6 Å². The van der Waals surface area contributed by atoms with Crippen molar-refractivity contribution in [3.63, 3.8) is 0 Å². The molecule has 1 aromatic heterocycles. The number of primary sulfonamides is 1. The van der Waals surface area contributed by atoms with Gasteiger partial charge >= 0.3 is 0 Å². The summed E-state index contributed by atoms with van der Waals surface area (Å²) < 4.78 is 56.3. The van der Waals surface area contributed by atoms with Gasteiger partial charge in [-0.15, -0.1) is 0 Å². The van der Waals surface area contributed by atoms with Crippen LogP contribution in [0.15, 0.2) is 56.8 Å². The lowest BCUT2D eigenvalue weighted by molar-refractivity contribution is -0.114. The number of rotatable bonds is 6. The van der Waals surface area contributed by atoms with E-state index in [-0.39, 0.29) is 27.3 Å². The molecule has 0 spiro atoms. The summed E-state index contributed by atoms with van der Waals surface area (Å²) in [6.07, 6.45) is 0. The highest BCUT2D eigenvalue weighted by atomic mass is 32.2. The van der Waals surface area contributed by atoms with Gasteiger partial charge in [0.1, 0.15) is 0 Å². The lowest BCUT2D eigenvalue weighted by Crippen LogP contribution is -2.15. The van der Waals surface area contributed by atoms with E-state index >= 15 is 0 Å². The monoisotopic (exact) mass is 464 g/mol. The van der Waals surface area contributed by atoms with Crippen LogP contribution in [0.4, 0.5) is 11.6 Å². The Morgan fingerprint density at radius 3 is 2.26 bits per heavy atom. The zero-order chi connectivity index (χ0) is 23.0. The first-order valence-electron chi connectivity index (χ1n) is 8.89.